The average molecular weight is 279 g/mol. The normalized spacial score (nSPS) is 19.8. The first-order valence-corrected chi connectivity index (χ1v) is 6.91. The van der Waals surface area contributed by atoms with Crippen molar-refractivity contribution in [2.45, 2.75) is 20.0 Å². The summed E-state index contributed by atoms with van der Waals surface area (Å²) in [5, 5.41) is 8.98. The van der Waals surface area contributed by atoms with Gasteiger partial charge in [-0.15, -0.1) is 0 Å². The molecule has 0 saturated carbocycles. The highest BCUT2D eigenvalue weighted by atomic mass is 16.5. The Labute approximate surface area is 119 Å². The number of morpholine rings is 1. The number of rotatable bonds is 5. The van der Waals surface area contributed by atoms with Crippen LogP contribution in [0.3, 0.4) is 0 Å². The van der Waals surface area contributed by atoms with Crippen LogP contribution in [0.5, 0.6) is 5.75 Å². The van der Waals surface area contributed by atoms with E-state index in [1.54, 1.807) is 25.1 Å². The van der Waals surface area contributed by atoms with Gasteiger partial charge >= 0.3 is 5.97 Å². The number of aryl methyl sites for hydroxylation is 1. The van der Waals surface area contributed by atoms with Crippen molar-refractivity contribution >= 4 is 5.97 Å². The number of ether oxygens (including phenoxy) is 2. The summed E-state index contributed by atoms with van der Waals surface area (Å²) >= 11 is 0. The minimum absolute atomic E-state index is 0.0724. The molecule has 20 heavy (non-hydrogen) atoms. The van der Waals surface area contributed by atoms with Gasteiger partial charge in [-0.25, -0.2) is 4.79 Å². The van der Waals surface area contributed by atoms with Crippen LogP contribution in [0.15, 0.2) is 18.2 Å². The minimum Gasteiger partial charge on any atom is -0.491 e. The lowest BCUT2D eigenvalue weighted by atomic mass is 10.1. The smallest absolute Gasteiger partial charge is 0.335 e. The Morgan fingerprint density at radius 1 is 1.55 bits per heavy atom. The zero-order chi connectivity index (χ0) is 14.5. The van der Waals surface area contributed by atoms with Gasteiger partial charge in [-0.3, -0.25) is 4.90 Å². The van der Waals surface area contributed by atoms with E-state index in [0.717, 1.165) is 26.2 Å². The maximum atomic E-state index is 10.9. The first-order chi connectivity index (χ1) is 9.60. The largest absolute Gasteiger partial charge is 0.491 e. The van der Waals surface area contributed by atoms with Gasteiger partial charge in [0.2, 0.25) is 0 Å². The van der Waals surface area contributed by atoms with Crippen molar-refractivity contribution in [3.8, 4) is 5.75 Å². The first-order valence-electron chi connectivity index (χ1n) is 6.91. The Hall–Kier alpha value is -1.59. The second-order valence-corrected chi connectivity index (χ2v) is 4.98. The first kappa shape index (κ1) is 14.8. The van der Waals surface area contributed by atoms with Crippen LogP contribution in [0.25, 0.3) is 0 Å². The molecule has 0 aliphatic carbocycles. The molecule has 1 N–H and O–H groups in total. The Morgan fingerprint density at radius 2 is 2.35 bits per heavy atom. The Kier molecular flexibility index (Phi) is 4.98. The van der Waals surface area contributed by atoms with Crippen molar-refractivity contribution in [3.63, 3.8) is 0 Å². The molecule has 1 aromatic rings. The van der Waals surface area contributed by atoms with E-state index in [4.69, 9.17) is 14.6 Å². The summed E-state index contributed by atoms with van der Waals surface area (Å²) < 4.78 is 11.4. The van der Waals surface area contributed by atoms with E-state index in [1.165, 1.54) is 0 Å². The van der Waals surface area contributed by atoms with E-state index in [-0.39, 0.29) is 6.10 Å². The highest BCUT2D eigenvalue weighted by Crippen LogP contribution is 2.18. The lowest BCUT2D eigenvalue weighted by Gasteiger charge is -2.31. The molecule has 110 valence electrons. The second kappa shape index (κ2) is 6.72. The van der Waals surface area contributed by atoms with Crippen molar-refractivity contribution in [2.24, 2.45) is 0 Å². The molecule has 0 aromatic heterocycles. The number of likely N-dealkylation sites (N-methyl/N-ethyl adjacent to an activating group) is 1. The van der Waals surface area contributed by atoms with Crippen molar-refractivity contribution in [1.82, 2.24) is 4.90 Å². The molecule has 0 bridgehead atoms. The van der Waals surface area contributed by atoms with Gasteiger partial charge < -0.3 is 14.6 Å². The van der Waals surface area contributed by atoms with Gasteiger partial charge in [0, 0.05) is 13.1 Å². The molecule has 0 radical (unpaired) electrons. The van der Waals surface area contributed by atoms with Crippen LogP contribution in [0.1, 0.15) is 22.8 Å². The van der Waals surface area contributed by atoms with Gasteiger partial charge in [0.05, 0.1) is 12.2 Å². The Bertz CT molecular complexity index is 475. The van der Waals surface area contributed by atoms with Crippen LogP contribution in [-0.2, 0) is 4.74 Å². The summed E-state index contributed by atoms with van der Waals surface area (Å²) in [7, 11) is 0. The average Bonchev–Trinajstić information content (AvgIpc) is 2.45. The van der Waals surface area contributed by atoms with Gasteiger partial charge in [-0.1, -0.05) is 6.92 Å². The molecule has 0 spiro atoms. The molecule has 1 aromatic carbocycles. The molecule has 1 atom stereocenters. The standard InChI is InChI=1S/C15H21NO4/c1-3-16-6-7-19-13(9-16)10-20-12-4-5-14(15(17)18)11(2)8-12/h4-5,8,13H,3,6-7,9-10H2,1-2H3,(H,17,18). The van der Waals surface area contributed by atoms with E-state index in [1.807, 2.05) is 0 Å². The number of hydrogen-bond donors (Lipinski definition) is 1. The zero-order valence-corrected chi connectivity index (χ0v) is 12.0. The van der Waals surface area contributed by atoms with Crippen molar-refractivity contribution in [3.05, 3.63) is 29.3 Å². The van der Waals surface area contributed by atoms with Gasteiger partial charge in [0.25, 0.3) is 0 Å². The van der Waals surface area contributed by atoms with Crippen LogP contribution < -0.4 is 4.74 Å². The van der Waals surface area contributed by atoms with Crippen molar-refractivity contribution in [2.75, 3.05) is 32.8 Å². The van der Waals surface area contributed by atoms with E-state index in [0.29, 0.717) is 23.5 Å². The van der Waals surface area contributed by atoms with Gasteiger partial charge in [-0.2, -0.15) is 0 Å². The summed E-state index contributed by atoms with van der Waals surface area (Å²) in [6.07, 6.45) is 0.0724. The monoisotopic (exact) mass is 279 g/mol. The fourth-order valence-electron chi connectivity index (χ4n) is 2.32. The predicted molar refractivity (Wildman–Crippen MR) is 75.5 cm³/mol. The quantitative estimate of drug-likeness (QED) is 0.890. The summed E-state index contributed by atoms with van der Waals surface area (Å²) in [6.45, 7) is 8.00. The molecule has 5 heteroatoms. The molecule has 1 unspecified atom stereocenters. The highest BCUT2D eigenvalue weighted by Gasteiger charge is 2.19. The van der Waals surface area contributed by atoms with E-state index >= 15 is 0 Å². The highest BCUT2D eigenvalue weighted by molar-refractivity contribution is 5.89. The maximum Gasteiger partial charge on any atom is 0.335 e. The summed E-state index contributed by atoms with van der Waals surface area (Å²) in [6, 6.07) is 5.02. The molecular formula is C15H21NO4. The van der Waals surface area contributed by atoms with Crippen LogP contribution in [-0.4, -0.2) is 54.9 Å². The van der Waals surface area contributed by atoms with Crippen LogP contribution >= 0.6 is 0 Å². The number of benzene rings is 1. The molecule has 1 heterocycles. The lowest BCUT2D eigenvalue weighted by Crippen LogP contribution is -2.44. The van der Waals surface area contributed by atoms with Crippen LogP contribution in [0.4, 0.5) is 0 Å². The summed E-state index contributed by atoms with van der Waals surface area (Å²) in [5.74, 6) is -0.229. The molecule has 1 aliphatic rings. The number of nitrogens with zero attached hydrogens (tertiary/aromatic N) is 1. The lowest BCUT2D eigenvalue weighted by molar-refractivity contribution is -0.0464. The number of hydrogen-bond acceptors (Lipinski definition) is 4. The fraction of sp³-hybridized carbons (Fsp3) is 0.533. The Morgan fingerprint density at radius 3 is 3.00 bits per heavy atom. The molecule has 0 amide bonds. The molecule has 1 aliphatic heterocycles. The zero-order valence-electron chi connectivity index (χ0n) is 12.0. The molecule has 1 saturated heterocycles. The van der Waals surface area contributed by atoms with Crippen LogP contribution in [0, 0.1) is 6.92 Å². The number of carboxylic acids is 1. The van der Waals surface area contributed by atoms with Gasteiger partial charge in [-0.05, 0) is 37.2 Å². The number of aromatic carboxylic acids is 1. The minimum atomic E-state index is -0.914. The number of carbonyl (C=O) groups is 1. The maximum absolute atomic E-state index is 10.9. The summed E-state index contributed by atoms with van der Waals surface area (Å²) in [5.41, 5.74) is 1.01. The Balaban J connectivity index is 1.91. The topological polar surface area (TPSA) is 59.0 Å². The van der Waals surface area contributed by atoms with Crippen molar-refractivity contribution in [1.29, 1.82) is 0 Å². The second-order valence-electron chi connectivity index (χ2n) is 4.98. The van der Waals surface area contributed by atoms with Gasteiger partial charge in [0.1, 0.15) is 18.5 Å². The van der Waals surface area contributed by atoms with Crippen LogP contribution in [0.2, 0.25) is 0 Å². The SMILES string of the molecule is CCN1CCOC(COc2ccc(C(=O)O)c(C)c2)C1. The molecule has 2 rings (SSSR count). The fourth-order valence-corrected chi connectivity index (χ4v) is 2.32. The molecule has 1 fully saturated rings. The third kappa shape index (κ3) is 3.71. The number of carboxylic acid groups (broad SMARTS) is 1. The van der Waals surface area contributed by atoms with Gasteiger partial charge in [0.15, 0.2) is 0 Å². The van der Waals surface area contributed by atoms with E-state index in [2.05, 4.69) is 11.8 Å². The van der Waals surface area contributed by atoms with Crippen molar-refractivity contribution < 1.29 is 19.4 Å². The van der Waals surface area contributed by atoms with E-state index < -0.39 is 5.97 Å². The predicted octanol–water partition coefficient (Wildman–Crippen LogP) is 1.79. The molecular weight excluding hydrogens is 258 g/mol. The summed E-state index contributed by atoms with van der Waals surface area (Å²) in [4.78, 5) is 13.3. The third-order valence-electron chi connectivity index (χ3n) is 3.53. The molecule has 5 nitrogen and oxygen atoms in total. The van der Waals surface area contributed by atoms with E-state index in [9.17, 15) is 4.79 Å². The third-order valence-corrected chi connectivity index (χ3v) is 3.53.